The molecule has 0 unspecified atom stereocenters. The number of para-hydroxylation sites is 3. The lowest BCUT2D eigenvalue weighted by Gasteiger charge is -2.31. The quantitative estimate of drug-likeness (QED) is 0.154. The van der Waals surface area contributed by atoms with Crippen LogP contribution in [-0.2, 0) is 5.41 Å². The van der Waals surface area contributed by atoms with Crippen molar-refractivity contribution in [3.05, 3.63) is 241 Å². The first-order valence-corrected chi connectivity index (χ1v) is 22.0. The third kappa shape index (κ3) is 4.14. The molecule has 13 aromatic rings. The highest BCUT2D eigenvalue weighted by Crippen LogP contribution is 2.64. The van der Waals surface area contributed by atoms with Crippen LogP contribution in [0.1, 0.15) is 22.3 Å². The number of hydrogen-bond donors (Lipinski definition) is 0. The average Bonchev–Trinajstić information content (AvgIpc) is 4.05. The molecule has 15 rings (SSSR count). The smallest absolute Gasteiger partial charge is 0.0725 e. The fourth-order valence-electron chi connectivity index (χ4n) is 12.2. The van der Waals surface area contributed by atoms with Crippen LogP contribution < -0.4 is 0 Å². The Morgan fingerprint density at radius 1 is 0.222 bits per heavy atom. The van der Waals surface area contributed by atoms with Crippen molar-refractivity contribution in [2.75, 3.05) is 0 Å². The summed E-state index contributed by atoms with van der Waals surface area (Å²) in [6, 6.07) is 82.2. The van der Waals surface area contributed by atoms with Gasteiger partial charge in [0.05, 0.1) is 27.5 Å². The molecule has 2 heterocycles. The summed E-state index contributed by atoms with van der Waals surface area (Å²) in [4.78, 5) is 0. The minimum Gasteiger partial charge on any atom is -0.309 e. The zero-order valence-electron chi connectivity index (χ0n) is 34.2. The number of hydrogen-bond acceptors (Lipinski definition) is 0. The predicted octanol–water partition coefficient (Wildman–Crippen LogP) is 15.7. The molecule has 0 radical (unpaired) electrons. The Kier molecular flexibility index (Phi) is 6.38. The second kappa shape index (κ2) is 12.0. The Hall–Kier alpha value is -8.20. The van der Waals surface area contributed by atoms with Gasteiger partial charge < -0.3 is 9.13 Å². The van der Waals surface area contributed by atoms with Gasteiger partial charge in [-0.15, -0.1) is 0 Å². The van der Waals surface area contributed by atoms with Crippen LogP contribution in [0.15, 0.2) is 218 Å². The van der Waals surface area contributed by atoms with Gasteiger partial charge in [-0.05, 0) is 137 Å². The van der Waals surface area contributed by atoms with E-state index in [1.165, 1.54) is 120 Å². The fourth-order valence-corrected chi connectivity index (χ4v) is 12.2. The molecule has 290 valence electrons. The number of benzene rings is 11. The van der Waals surface area contributed by atoms with E-state index in [2.05, 4.69) is 228 Å². The van der Waals surface area contributed by atoms with Gasteiger partial charge in [-0.1, -0.05) is 158 Å². The van der Waals surface area contributed by atoms with Crippen LogP contribution in [0.25, 0.3) is 110 Å². The van der Waals surface area contributed by atoms with Crippen LogP contribution in [0.4, 0.5) is 0 Å². The molecule has 0 saturated heterocycles. The largest absolute Gasteiger partial charge is 0.309 e. The molecule has 0 saturated carbocycles. The van der Waals surface area contributed by atoms with Gasteiger partial charge >= 0.3 is 0 Å². The van der Waals surface area contributed by atoms with Crippen molar-refractivity contribution in [1.29, 1.82) is 0 Å². The molecule has 2 aliphatic carbocycles. The molecule has 11 aromatic carbocycles. The van der Waals surface area contributed by atoms with E-state index >= 15 is 0 Å². The Morgan fingerprint density at radius 3 is 1.17 bits per heavy atom. The van der Waals surface area contributed by atoms with E-state index in [9.17, 15) is 0 Å². The Morgan fingerprint density at radius 2 is 0.603 bits per heavy atom. The van der Waals surface area contributed by atoms with Gasteiger partial charge in [-0.2, -0.15) is 0 Å². The van der Waals surface area contributed by atoms with Gasteiger partial charge in [0.15, 0.2) is 0 Å². The minimum absolute atomic E-state index is 0.463. The van der Waals surface area contributed by atoms with E-state index in [-0.39, 0.29) is 0 Å². The average molecular weight is 797 g/mol. The zero-order valence-corrected chi connectivity index (χ0v) is 34.2. The summed E-state index contributed by atoms with van der Waals surface area (Å²) in [7, 11) is 0. The van der Waals surface area contributed by atoms with Crippen molar-refractivity contribution in [3.8, 4) is 33.6 Å². The lowest BCUT2D eigenvalue weighted by Crippen LogP contribution is -2.25. The van der Waals surface area contributed by atoms with Crippen molar-refractivity contribution in [2.24, 2.45) is 0 Å². The Bertz CT molecular complexity index is 4060. The Labute approximate surface area is 363 Å². The normalized spacial score (nSPS) is 13.5. The van der Waals surface area contributed by atoms with Crippen LogP contribution in [0.5, 0.6) is 0 Å². The summed E-state index contributed by atoms with van der Waals surface area (Å²) in [5, 5.41) is 12.8. The molecule has 0 aliphatic heterocycles. The number of aromatic nitrogens is 2. The van der Waals surface area contributed by atoms with E-state index in [0.717, 1.165) is 11.4 Å². The number of fused-ring (bicyclic) bond motifs is 22. The summed E-state index contributed by atoms with van der Waals surface area (Å²) in [5.74, 6) is 0. The molecular formula is C61H36N2. The van der Waals surface area contributed by atoms with Crippen LogP contribution >= 0.6 is 0 Å². The predicted molar refractivity (Wildman–Crippen MR) is 264 cm³/mol. The third-order valence-electron chi connectivity index (χ3n) is 14.7. The summed E-state index contributed by atoms with van der Waals surface area (Å²) in [6.07, 6.45) is 0. The second-order valence-corrected chi connectivity index (χ2v) is 17.5. The van der Waals surface area contributed by atoms with Crippen molar-refractivity contribution in [2.45, 2.75) is 5.41 Å². The standard InChI is InChI=1S/C61H36N2/c1-3-17-41-39(15-1)40-16-2-4-18-42(40)49-36-56-51(35-48(41)49)50-33-37(29-31-55(50)61(56)53-24-10-5-19-43(53)44-20-6-11-25-54(44)61)63-59-28-14-9-23-47(59)52-34-38(30-32-60(52)63)62-57-26-12-7-21-45(57)46-22-8-13-27-58(46)62/h1-36H. The molecule has 0 fully saturated rings. The van der Waals surface area contributed by atoms with E-state index in [0.29, 0.717) is 0 Å². The molecule has 0 bridgehead atoms. The lowest BCUT2D eigenvalue weighted by molar-refractivity contribution is 0.795. The highest BCUT2D eigenvalue weighted by Gasteiger charge is 2.52. The molecule has 2 aliphatic rings. The molecule has 0 atom stereocenters. The van der Waals surface area contributed by atoms with Gasteiger partial charge in [-0.25, -0.2) is 0 Å². The molecule has 1 spiro atoms. The number of rotatable bonds is 2. The lowest BCUT2D eigenvalue weighted by atomic mass is 9.70. The Balaban J connectivity index is 1.03. The van der Waals surface area contributed by atoms with Crippen LogP contribution in [-0.4, -0.2) is 9.13 Å². The number of nitrogens with zero attached hydrogens (tertiary/aromatic N) is 2. The molecular weight excluding hydrogens is 761 g/mol. The van der Waals surface area contributed by atoms with Crippen LogP contribution in [0.3, 0.4) is 0 Å². The van der Waals surface area contributed by atoms with Crippen molar-refractivity contribution < 1.29 is 0 Å². The maximum Gasteiger partial charge on any atom is 0.0725 e. The SMILES string of the molecule is c1ccc2c(c1)-c1ccccc1C21c2ccc(-n3c4ccccc4c4cc(-n5c6ccccc6c6ccccc65)ccc43)cc2-c2cc3c4ccccc4c4ccccc4c3cc21. The zero-order chi connectivity index (χ0) is 41.0. The molecule has 0 amide bonds. The minimum atomic E-state index is -0.463. The van der Waals surface area contributed by atoms with Crippen molar-refractivity contribution in [3.63, 3.8) is 0 Å². The van der Waals surface area contributed by atoms with Gasteiger partial charge in [-0.3, -0.25) is 0 Å². The van der Waals surface area contributed by atoms with Crippen molar-refractivity contribution >= 4 is 75.9 Å². The summed E-state index contributed by atoms with van der Waals surface area (Å²) in [5.41, 5.74) is 17.4. The van der Waals surface area contributed by atoms with Gasteiger partial charge in [0.2, 0.25) is 0 Å². The van der Waals surface area contributed by atoms with Gasteiger partial charge in [0.1, 0.15) is 0 Å². The van der Waals surface area contributed by atoms with Crippen molar-refractivity contribution in [1.82, 2.24) is 9.13 Å². The van der Waals surface area contributed by atoms with Gasteiger partial charge in [0.25, 0.3) is 0 Å². The monoisotopic (exact) mass is 796 g/mol. The third-order valence-corrected chi connectivity index (χ3v) is 14.7. The summed E-state index contributed by atoms with van der Waals surface area (Å²) in [6.45, 7) is 0. The fraction of sp³-hybridized carbons (Fsp3) is 0.0164. The van der Waals surface area contributed by atoms with Gasteiger partial charge in [0, 0.05) is 32.9 Å². The molecule has 2 heteroatoms. The maximum absolute atomic E-state index is 2.56. The summed E-state index contributed by atoms with van der Waals surface area (Å²) >= 11 is 0. The highest BCUT2D eigenvalue weighted by molar-refractivity contribution is 6.26. The molecule has 2 nitrogen and oxygen atoms in total. The van der Waals surface area contributed by atoms with E-state index in [4.69, 9.17) is 0 Å². The van der Waals surface area contributed by atoms with E-state index in [1.54, 1.807) is 0 Å². The first kappa shape index (κ1) is 33.5. The van der Waals surface area contributed by atoms with Crippen LogP contribution in [0, 0.1) is 0 Å². The second-order valence-electron chi connectivity index (χ2n) is 17.5. The maximum atomic E-state index is 2.56. The van der Waals surface area contributed by atoms with E-state index in [1.807, 2.05) is 0 Å². The van der Waals surface area contributed by atoms with Crippen LogP contribution in [0.2, 0.25) is 0 Å². The topological polar surface area (TPSA) is 9.86 Å². The van der Waals surface area contributed by atoms with E-state index < -0.39 is 5.41 Å². The highest BCUT2D eigenvalue weighted by atomic mass is 15.0. The first-order valence-electron chi connectivity index (χ1n) is 22.0. The molecule has 63 heavy (non-hydrogen) atoms. The molecule has 0 N–H and O–H groups in total. The summed E-state index contributed by atoms with van der Waals surface area (Å²) < 4.78 is 4.92. The first-order chi connectivity index (χ1) is 31.3. The molecule has 2 aromatic heterocycles.